The van der Waals surface area contributed by atoms with E-state index in [-0.39, 0.29) is 23.3 Å². The predicted octanol–water partition coefficient (Wildman–Crippen LogP) is 12.1. The highest BCUT2D eigenvalue weighted by Crippen LogP contribution is 2.67. The molecule has 0 N–H and O–H groups in total. The number of carbonyl (C=O) groups excluding carboxylic acids is 1. The third kappa shape index (κ3) is 11.2. The summed E-state index contributed by atoms with van der Waals surface area (Å²) in [6, 6.07) is 7.59. The maximum absolute atomic E-state index is 13.0. The highest BCUT2D eigenvalue weighted by Gasteiger charge is 2.59. The molecule has 6 rings (SSSR count). The first-order valence-electron chi connectivity index (χ1n) is 24.7. The fourth-order valence-corrected chi connectivity index (χ4v) is 12.4. The highest BCUT2D eigenvalue weighted by atomic mass is 16.5. The summed E-state index contributed by atoms with van der Waals surface area (Å²) in [7, 11) is 1.48. The SMILES string of the molecule is CCn1cc(C#Cc2ccc(OCCCCCCCCCCC(=O)OC3CC[C@@]4(C)C(=CC[C@H]5[C@@H]6CC[C@H]([C@H](C)CC[C@@H](C)C(C)C)[C@@]6(C)CC[C@@H]54)C3)cc2)c(=O)n(C)c1=O. The molecule has 0 amide bonds. The van der Waals surface area contributed by atoms with Gasteiger partial charge in [-0.25, -0.2) is 4.79 Å². The van der Waals surface area contributed by atoms with Crippen LogP contribution in [0.5, 0.6) is 5.75 Å². The van der Waals surface area contributed by atoms with Gasteiger partial charge >= 0.3 is 11.7 Å². The van der Waals surface area contributed by atoms with Crippen molar-refractivity contribution in [1.29, 1.82) is 0 Å². The second-order valence-corrected chi connectivity index (χ2v) is 20.8. The number of benzene rings is 1. The van der Waals surface area contributed by atoms with Crippen LogP contribution in [0.4, 0.5) is 0 Å². The Morgan fingerprint density at radius 1 is 0.852 bits per heavy atom. The Bertz CT molecular complexity index is 1980. The summed E-state index contributed by atoms with van der Waals surface area (Å²) in [6.07, 6.45) is 26.6. The topological polar surface area (TPSA) is 79.5 Å². The number of unbranched alkanes of at least 4 members (excludes halogenated alkanes) is 7. The van der Waals surface area contributed by atoms with Crippen molar-refractivity contribution in [1.82, 2.24) is 9.13 Å². The largest absolute Gasteiger partial charge is 0.494 e. The molecule has 7 nitrogen and oxygen atoms in total. The van der Waals surface area contributed by atoms with Gasteiger partial charge in [-0.15, -0.1) is 0 Å². The van der Waals surface area contributed by atoms with Gasteiger partial charge in [-0.2, -0.15) is 0 Å². The Kier molecular flexibility index (Phi) is 16.3. The molecule has 3 saturated carbocycles. The summed E-state index contributed by atoms with van der Waals surface area (Å²) in [5.74, 6) is 12.6. The van der Waals surface area contributed by atoms with E-state index in [4.69, 9.17) is 9.47 Å². The third-order valence-electron chi connectivity index (χ3n) is 16.8. The van der Waals surface area contributed by atoms with Crippen LogP contribution < -0.4 is 16.0 Å². The van der Waals surface area contributed by atoms with Gasteiger partial charge in [0.2, 0.25) is 0 Å². The molecule has 0 saturated heterocycles. The number of rotatable bonds is 19. The second-order valence-electron chi connectivity index (χ2n) is 20.8. The minimum absolute atomic E-state index is 0.0108. The fourth-order valence-electron chi connectivity index (χ4n) is 12.4. The molecule has 0 aliphatic heterocycles. The third-order valence-corrected chi connectivity index (χ3v) is 16.8. The number of hydrogen-bond donors (Lipinski definition) is 0. The Labute approximate surface area is 368 Å². The van der Waals surface area contributed by atoms with Crippen LogP contribution >= 0.6 is 0 Å². The van der Waals surface area contributed by atoms with Crippen LogP contribution in [0.1, 0.15) is 182 Å². The van der Waals surface area contributed by atoms with E-state index in [2.05, 4.69) is 59.5 Å². The average molecular weight is 837 g/mol. The van der Waals surface area contributed by atoms with E-state index in [0.717, 1.165) is 95.8 Å². The van der Waals surface area contributed by atoms with Crippen molar-refractivity contribution in [2.24, 2.45) is 59.3 Å². The summed E-state index contributed by atoms with van der Waals surface area (Å²) in [6.45, 7) is 18.1. The van der Waals surface area contributed by atoms with Crippen LogP contribution in [0, 0.1) is 64.1 Å². The molecule has 0 radical (unpaired) electrons. The molecule has 9 atom stereocenters. The lowest BCUT2D eigenvalue weighted by Crippen LogP contribution is -2.51. The molecule has 1 aromatic carbocycles. The molecule has 3 fully saturated rings. The van der Waals surface area contributed by atoms with Crippen molar-refractivity contribution in [2.45, 2.75) is 183 Å². The van der Waals surface area contributed by atoms with Gasteiger partial charge in [0.25, 0.3) is 5.56 Å². The molecule has 1 heterocycles. The number of carbonyl (C=O) groups is 1. The predicted molar refractivity (Wildman–Crippen MR) is 249 cm³/mol. The Balaban J connectivity index is 0.819. The minimum atomic E-state index is -0.383. The van der Waals surface area contributed by atoms with Gasteiger partial charge in [0.05, 0.1) is 6.61 Å². The van der Waals surface area contributed by atoms with E-state index in [1.54, 1.807) is 5.57 Å². The van der Waals surface area contributed by atoms with Crippen molar-refractivity contribution in [3.8, 4) is 17.6 Å². The number of fused-ring (bicyclic) bond motifs is 5. The summed E-state index contributed by atoms with van der Waals surface area (Å²) in [5.41, 5.74) is 2.78. The smallest absolute Gasteiger partial charge is 0.330 e. The lowest BCUT2D eigenvalue weighted by atomic mass is 9.47. The standard InChI is InChI=1S/C54H80N2O5/c1-9-56-37-42(51(58)55(8)52(56)59)24-21-41-22-26-44(27-23-41)60-35-17-15-13-11-10-12-14-16-18-50(57)61-45-31-33-53(6)43(36-45)25-28-46-48-30-29-47(54(48,7)34-32-49(46)53)40(5)20-19-39(4)38(2)3/h22-23,25-27,37-40,45-49H,9-20,28-36H2,1-8H3/t39-,40-,45?,46+,47-,48+,49+,53+,54-/m1/s1. The zero-order valence-corrected chi connectivity index (χ0v) is 39.4. The van der Waals surface area contributed by atoms with Crippen LogP contribution in [0.15, 0.2) is 51.7 Å². The van der Waals surface area contributed by atoms with Gasteiger partial charge in [-0.05, 0) is 141 Å². The monoisotopic (exact) mass is 837 g/mol. The lowest BCUT2D eigenvalue weighted by molar-refractivity contribution is -0.151. The van der Waals surface area contributed by atoms with Gasteiger partial charge in [0.1, 0.15) is 17.4 Å². The number of nitrogens with zero attached hydrogens (tertiary/aromatic N) is 2. The second kappa shape index (κ2) is 21.2. The molecule has 1 aromatic heterocycles. The summed E-state index contributed by atoms with van der Waals surface area (Å²) in [5, 5.41) is 0. The molecule has 2 aromatic rings. The van der Waals surface area contributed by atoms with Crippen molar-refractivity contribution in [3.05, 3.63) is 74.1 Å². The van der Waals surface area contributed by atoms with Crippen molar-refractivity contribution < 1.29 is 14.3 Å². The zero-order chi connectivity index (χ0) is 43.7. The van der Waals surface area contributed by atoms with Crippen LogP contribution in [0.2, 0.25) is 0 Å². The lowest BCUT2D eigenvalue weighted by Gasteiger charge is -2.58. The number of aryl methyl sites for hydroxylation is 1. The van der Waals surface area contributed by atoms with Crippen LogP contribution in [0.3, 0.4) is 0 Å². The maximum atomic E-state index is 13.0. The van der Waals surface area contributed by atoms with E-state index < -0.39 is 0 Å². The molecule has 61 heavy (non-hydrogen) atoms. The molecule has 0 bridgehead atoms. The Morgan fingerprint density at radius 2 is 1.56 bits per heavy atom. The number of ether oxygens (including phenoxy) is 2. The van der Waals surface area contributed by atoms with Crippen LogP contribution in [0.25, 0.3) is 0 Å². The molecular weight excluding hydrogens is 757 g/mol. The summed E-state index contributed by atoms with van der Waals surface area (Å²) in [4.78, 5) is 37.5. The maximum Gasteiger partial charge on any atom is 0.330 e. The van der Waals surface area contributed by atoms with E-state index in [1.807, 2.05) is 31.2 Å². The first-order chi connectivity index (χ1) is 29.2. The normalized spacial score (nSPS) is 27.8. The van der Waals surface area contributed by atoms with E-state index in [0.29, 0.717) is 36.0 Å². The van der Waals surface area contributed by atoms with Crippen molar-refractivity contribution in [3.63, 3.8) is 0 Å². The zero-order valence-electron chi connectivity index (χ0n) is 39.4. The van der Waals surface area contributed by atoms with E-state index in [9.17, 15) is 14.4 Å². The first kappa shape index (κ1) is 47.0. The van der Waals surface area contributed by atoms with Gasteiger partial charge < -0.3 is 9.47 Å². The van der Waals surface area contributed by atoms with Crippen molar-refractivity contribution in [2.75, 3.05) is 6.61 Å². The summed E-state index contributed by atoms with van der Waals surface area (Å²) < 4.78 is 14.7. The van der Waals surface area contributed by atoms with Crippen LogP contribution in [-0.4, -0.2) is 27.8 Å². The number of aromatic nitrogens is 2. The molecule has 0 spiro atoms. The van der Waals surface area contributed by atoms with Gasteiger partial charge in [0, 0.05) is 38.2 Å². The molecule has 4 aliphatic carbocycles. The number of allylic oxidation sites excluding steroid dienone is 1. The van der Waals surface area contributed by atoms with Crippen molar-refractivity contribution >= 4 is 5.97 Å². The fraction of sp³-hybridized carbons (Fsp3) is 0.722. The van der Waals surface area contributed by atoms with Gasteiger partial charge in [-0.1, -0.05) is 116 Å². The minimum Gasteiger partial charge on any atom is -0.494 e. The number of hydrogen-bond acceptors (Lipinski definition) is 5. The first-order valence-corrected chi connectivity index (χ1v) is 24.7. The molecule has 336 valence electrons. The Morgan fingerprint density at radius 3 is 2.26 bits per heavy atom. The van der Waals surface area contributed by atoms with Crippen LogP contribution in [-0.2, 0) is 23.1 Å². The summed E-state index contributed by atoms with van der Waals surface area (Å²) >= 11 is 0. The van der Waals surface area contributed by atoms with Gasteiger partial charge in [0.15, 0.2) is 0 Å². The van der Waals surface area contributed by atoms with Gasteiger partial charge in [-0.3, -0.25) is 18.7 Å². The molecular formula is C54H80N2O5. The average Bonchev–Trinajstić information content (AvgIpc) is 3.61. The number of esters is 1. The highest BCUT2D eigenvalue weighted by molar-refractivity contribution is 5.69. The van der Waals surface area contributed by atoms with E-state index >= 15 is 0 Å². The van der Waals surface area contributed by atoms with E-state index in [1.165, 1.54) is 94.9 Å². The molecule has 4 aliphatic rings. The Hall–Kier alpha value is -3.53. The molecule has 1 unspecified atom stereocenters. The molecule has 7 heteroatoms. The quantitative estimate of drug-likeness (QED) is 0.0609.